The number of pyridine rings is 4. The average molecular weight is 1050 g/mol. The molecule has 0 fully saturated rings. The van der Waals surface area contributed by atoms with Crippen LogP contribution < -0.4 is 53.2 Å². The van der Waals surface area contributed by atoms with Crippen LogP contribution in [0.2, 0.25) is 0 Å². The third-order valence-corrected chi connectivity index (χ3v) is 11.9. The molecule has 6 aromatic rings. The van der Waals surface area contributed by atoms with Gasteiger partial charge in [-0.3, -0.25) is 48.2 Å². The summed E-state index contributed by atoms with van der Waals surface area (Å²) in [5, 5.41) is 11.4. The first-order valence-corrected chi connectivity index (χ1v) is 24.7. The number of carbonyl (C=O) groups is 4. The molecule has 2 aromatic carbocycles. The van der Waals surface area contributed by atoms with Crippen LogP contribution in [-0.2, 0) is 36.8 Å². The number of carbonyl (C=O) groups excluding carboxylic acids is 4. The van der Waals surface area contributed by atoms with Gasteiger partial charge in [0, 0.05) is 104 Å². The van der Waals surface area contributed by atoms with Gasteiger partial charge in [-0.15, -0.1) is 9.46 Å². The third-order valence-electron chi connectivity index (χ3n) is 11.9. The van der Waals surface area contributed by atoms with Gasteiger partial charge in [-0.2, -0.15) is 0 Å². The second kappa shape index (κ2) is 30.1. The van der Waals surface area contributed by atoms with E-state index in [1.165, 1.54) is 83.9 Å². The summed E-state index contributed by atoms with van der Waals surface area (Å²) < 4.78 is 16.3. The SMILES string of the molecule is Cn1c(C(=O)NCCN(CCNC(=O)c2cccc(=O)n2C)CCOCCOCCN(CCNC(=O)c2cccc(=O)n2OCc2ccccc2)CCNC(=O)c2cccc(=O)n2OCc2ccccc2)cccc1=O. The van der Waals surface area contributed by atoms with E-state index in [1.54, 1.807) is 12.1 Å². The highest BCUT2D eigenvalue weighted by Crippen LogP contribution is 2.04. The zero-order chi connectivity index (χ0) is 54.1. The molecule has 4 N–H and O–H groups in total. The molecule has 4 aromatic heterocycles. The molecular formula is C54H64N10O12. The minimum atomic E-state index is -0.529. The molecule has 0 aliphatic heterocycles. The number of benzene rings is 2. The molecule has 0 aliphatic carbocycles. The van der Waals surface area contributed by atoms with Crippen molar-refractivity contribution in [3.8, 4) is 0 Å². The van der Waals surface area contributed by atoms with Crippen molar-refractivity contribution in [2.24, 2.45) is 14.1 Å². The van der Waals surface area contributed by atoms with Crippen LogP contribution in [0.4, 0.5) is 0 Å². The lowest BCUT2D eigenvalue weighted by Gasteiger charge is -2.23. The van der Waals surface area contributed by atoms with E-state index in [1.807, 2.05) is 70.5 Å². The smallest absolute Gasteiger partial charge is 0.283 e. The van der Waals surface area contributed by atoms with Gasteiger partial charge >= 0.3 is 0 Å². The van der Waals surface area contributed by atoms with Gasteiger partial charge in [-0.25, -0.2) is 0 Å². The topological polar surface area (TPSA) is 248 Å². The molecule has 22 nitrogen and oxygen atoms in total. The van der Waals surface area contributed by atoms with Crippen molar-refractivity contribution in [3.05, 3.63) is 209 Å². The number of amides is 4. The second-order valence-corrected chi connectivity index (χ2v) is 17.2. The van der Waals surface area contributed by atoms with E-state index in [0.717, 1.165) is 20.6 Å². The lowest BCUT2D eigenvalue weighted by molar-refractivity contribution is 0.0313. The Labute approximate surface area is 438 Å². The van der Waals surface area contributed by atoms with E-state index in [0.29, 0.717) is 39.3 Å². The van der Waals surface area contributed by atoms with Crippen LogP contribution in [0, 0.1) is 0 Å². The van der Waals surface area contributed by atoms with Gasteiger partial charge in [0.1, 0.15) is 36.0 Å². The van der Waals surface area contributed by atoms with E-state index in [2.05, 4.69) is 21.3 Å². The second-order valence-electron chi connectivity index (χ2n) is 17.2. The first kappa shape index (κ1) is 56.8. The predicted molar refractivity (Wildman–Crippen MR) is 282 cm³/mol. The highest BCUT2D eigenvalue weighted by Gasteiger charge is 2.18. The summed E-state index contributed by atoms with van der Waals surface area (Å²) in [4.78, 5) is 118. The standard InChI is InChI=1S/C54H64N10O12/c1-59-43(17-9-21-47(59)65)51(69)55-25-29-61(30-26-56-52(70)44-18-10-22-48(66)60(44)2)33-35-73-37-38-74-36-34-62(31-27-57-53(71)45-19-11-23-49(67)63(45)75-39-41-13-5-3-6-14-41)32-28-58-54(72)46-20-12-24-50(68)64(46)76-40-42-15-7-4-8-16-42/h3-24H,25-40H2,1-2H3,(H,55,69)(H,56,70)(H,57,71)(H,58,72). The fourth-order valence-electron chi connectivity index (χ4n) is 7.62. The molecule has 0 atom stereocenters. The molecule has 4 amide bonds. The zero-order valence-electron chi connectivity index (χ0n) is 42.6. The molecule has 0 unspecified atom stereocenters. The summed E-state index contributed by atoms with van der Waals surface area (Å²) in [5.41, 5.74) is 0.464. The van der Waals surface area contributed by atoms with Crippen LogP contribution in [0.1, 0.15) is 53.1 Å². The van der Waals surface area contributed by atoms with Gasteiger partial charge in [0.2, 0.25) is 0 Å². The lowest BCUT2D eigenvalue weighted by atomic mass is 10.2. The fourth-order valence-corrected chi connectivity index (χ4v) is 7.62. The zero-order valence-corrected chi connectivity index (χ0v) is 42.6. The number of ether oxygens (including phenoxy) is 2. The Bertz CT molecular complexity index is 2890. The van der Waals surface area contributed by atoms with Crippen molar-refractivity contribution in [2.45, 2.75) is 13.2 Å². The molecule has 6 rings (SSSR count). The van der Waals surface area contributed by atoms with Crippen molar-refractivity contribution in [1.82, 2.24) is 49.7 Å². The normalized spacial score (nSPS) is 11.1. The first-order chi connectivity index (χ1) is 36.9. The number of nitrogens with one attached hydrogen (secondary N) is 4. The molecule has 22 heteroatoms. The summed E-state index contributed by atoms with van der Waals surface area (Å²) in [5.74, 6) is -1.88. The molecule has 0 saturated carbocycles. The Hall–Kier alpha value is -8.44. The number of nitrogens with zero attached hydrogens (tertiary/aromatic N) is 6. The Balaban J connectivity index is 1.00. The minimum Gasteiger partial charge on any atom is -0.405 e. The highest BCUT2D eigenvalue weighted by atomic mass is 16.7. The summed E-state index contributed by atoms with van der Waals surface area (Å²) in [6.45, 7) is 4.20. The predicted octanol–water partition coefficient (Wildman–Crippen LogP) is 0.322. The van der Waals surface area contributed by atoms with Crippen LogP contribution in [0.25, 0.3) is 0 Å². The molecule has 0 saturated heterocycles. The summed E-state index contributed by atoms with van der Waals surface area (Å²) in [6.07, 6.45) is 0. The van der Waals surface area contributed by atoms with Gasteiger partial charge < -0.3 is 49.6 Å². The minimum absolute atomic E-state index is 0.0185. The number of hydrogen-bond donors (Lipinski definition) is 4. The summed E-state index contributed by atoms with van der Waals surface area (Å²) in [6, 6.07) is 35.9. The summed E-state index contributed by atoms with van der Waals surface area (Å²) in [7, 11) is 3.04. The average Bonchev–Trinajstić information content (AvgIpc) is 3.42. The van der Waals surface area contributed by atoms with E-state index < -0.39 is 34.7 Å². The van der Waals surface area contributed by atoms with Crippen molar-refractivity contribution in [3.63, 3.8) is 0 Å². The van der Waals surface area contributed by atoms with Gasteiger partial charge in [0.05, 0.1) is 26.4 Å². The van der Waals surface area contributed by atoms with E-state index in [-0.39, 0.29) is 99.7 Å². The van der Waals surface area contributed by atoms with Crippen molar-refractivity contribution in [1.29, 1.82) is 0 Å². The molecule has 402 valence electrons. The highest BCUT2D eigenvalue weighted by molar-refractivity contribution is 5.93. The van der Waals surface area contributed by atoms with Crippen LogP contribution in [0.15, 0.2) is 153 Å². The maximum Gasteiger partial charge on any atom is 0.283 e. The van der Waals surface area contributed by atoms with Crippen LogP contribution in [0.3, 0.4) is 0 Å². The molecule has 0 spiro atoms. The van der Waals surface area contributed by atoms with E-state index in [9.17, 15) is 38.4 Å². The van der Waals surface area contributed by atoms with Crippen LogP contribution in [0.5, 0.6) is 0 Å². The van der Waals surface area contributed by atoms with Crippen molar-refractivity contribution < 1.29 is 38.3 Å². The molecule has 0 bridgehead atoms. The van der Waals surface area contributed by atoms with Crippen molar-refractivity contribution in [2.75, 3.05) is 91.9 Å². The Kier molecular flexibility index (Phi) is 22.5. The molecule has 4 heterocycles. The van der Waals surface area contributed by atoms with Crippen LogP contribution in [-0.4, -0.2) is 144 Å². The maximum atomic E-state index is 13.4. The lowest BCUT2D eigenvalue weighted by Crippen LogP contribution is -2.43. The van der Waals surface area contributed by atoms with E-state index >= 15 is 0 Å². The monoisotopic (exact) mass is 1040 g/mol. The Morgan fingerprint density at radius 3 is 1.05 bits per heavy atom. The maximum absolute atomic E-state index is 13.4. The molecule has 0 radical (unpaired) electrons. The number of hydrogen-bond acceptors (Lipinski definition) is 14. The summed E-state index contributed by atoms with van der Waals surface area (Å²) >= 11 is 0. The molecule has 0 aliphatic rings. The fraction of sp³-hybridized carbons (Fsp3) is 0.333. The Morgan fingerprint density at radius 1 is 0.382 bits per heavy atom. The Morgan fingerprint density at radius 2 is 0.697 bits per heavy atom. The molecular weight excluding hydrogens is 981 g/mol. The first-order valence-electron chi connectivity index (χ1n) is 24.7. The van der Waals surface area contributed by atoms with Gasteiger partial charge in [0.25, 0.3) is 45.9 Å². The van der Waals surface area contributed by atoms with Crippen LogP contribution >= 0.6 is 0 Å². The van der Waals surface area contributed by atoms with Gasteiger partial charge in [-0.05, 0) is 35.4 Å². The number of rotatable bonds is 31. The van der Waals surface area contributed by atoms with E-state index in [4.69, 9.17) is 19.1 Å². The number of aromatic nitrogens is 4. The van der Waals surface area contributed by atoms with Gasteiger partial charge in [0.15, 0.2) is 0 Å². The third kappa shape index (κ3) is 17.6. The largest absolute Gasteiger partial charge is 0.405 e. The van der Waals surface area contributed by atoms with Crippen molar-refractivity contribution >= 4 is 23.6 Å². The molecule has 76 heavy (non-hydrogen) atoms. The van der Waals surface area contributed by atoms with Gasteiger partial charge in [-0.1, -0.05) is 84.9 Å². The quantitative estimate of drug-likeness (QED) is 0.0429.